The lowest BCUT2D eigenvalue weighted by Gasteiger charge is -2.07. The van der Waals surface area contributed by atoms with Crippen molar-refractivity contribution in [3.8, 4) is 22.3 Å². The fourth-order valence-corrected chi connectivity index (χ4v) is 3.09. The molecule has 1 nitrogen and oxygen atoms in total. The monoisotopic (exact) mass is 423 g/mol. The summed E-state index contributed by atoms with van der Waals surface area (Å²) < 4.78 is 2.13. The minimum atomic E-state index is 0. The summed E-state index contributed by atoms with van der Waals surface area (Å²) in [5.41, 5.74) is 5.02. The predicted octanol–water partition coefficient (Wildman–Crippen LogP) is 2.00. The molecule has 0 N–H and O–H groups in total. The van der Waals surface area contributed by atoms with Gasteiger partial charge in [-0.1, -0.05) is 72.8 Å². The first-order valence-corrected chi connectivity index (χ1v) is 7.85. The zero-order valence-electron chi connectivity index (χ0n) is 13.5. The minimum absolute atomic E-state index is 0. The zero-order chi connectivity index (χ0) is 15.6. The minimum Gasteiger partial charge on any atom is -1.00 e. The first-order chi connectivity index (χ1) is 11.3. The maximum absolute atomic E-state index is 2.21. The molecule has 3 aromatic carbocycles. The summed E-state index contributed by atoms with van der Waals surface area (Å²) in [7, 11) is 2.08. The van der Waals surface area contributed by atoms with Gasteiger partial charge in [-0.2, -0.15) is 0 Å². The number of hydrogen-bond donors (Lipinski definition) is 0. The number of nitrogens with zero attached hydrogens (tertiary/aromatic N) is 1. The van der Waals surface area contributed by atoms with E-state index in [0.717, 1.165) is 0 Å². The van der Waals surface area contributed by atoms with Gasteiger partial charge in [-0.3, -0.25) is 0 Å². The van der Waals surface area contributed by atoms with Gasteiger partial charge in [-0.15, -0.1) is 0 Å². The van der Waals surface area contributed by atoms with Crippen LogP contribution in [0, 0.1) is 0 Å². The van der Waals surface area contributed by atoms with E-state index in [4.69, 9.17) is 0 Å². The van der Waals surface area contributed by atoms with Crippen molar-refractivity contribution in [2.75, 3.05) is 0 Å². The van der Waals surface area contributed by atoms with Crippen LogP contribution in [0.15, 0.2) is 91.3 Å². The molecule has 0 unspecified atom stereocenters. The normalized spacial score (nSPS) is 10.4. The second-order valence-corrected chi connectivity index (χ2v) is 5.87. The fraction of sp³-hybridized carbons (Fsp3) is 0.0455. The number of pyridine rings is 1. The summed E-state index contributed by atoms with van der Waals surface area (Å²) in [6, 6.07) is 27.9. The Morgan fingerprint density at radius 1 is 0.583 bits per heavy atom. The van der Waals surface area contributed by atoms with Crippen LogP contribution in [0.4, 0.5) is 0 Å². The van der Waals surface area contributed by atoms with E-state index in [0.29, 0.717) is 0 Å². The van der Waals surface area contributed by atoms with E-state index in [1.165, 1.54) is 33.0 Å². The second kappa shape index (κ2) is 7.14. The van der Waals surface area contributed by atoms with Crippen molar-refractivity contribution in [1.82, 2.24) is 0 Å². The molecule has 2 heteroatoms. The van der Waals surface area contributed by atoms with Gasteiger partial charge in [0.2, 0.25) is 0 Å². The third-order valence-electron chi connectivity index (χ3n) is 4.23. The van der Waals surface area contributed by atoms with Crippen LogP contribution < -0.4 is 28.5 Å². The zero-order valence-corrected chi connectivity index (χ0v) is 15.6. The summed E-state index contributed by atoms with van der Waals surface area (Å²) in [5.74, 6) is 0. The van der Waals surface area contributed by atoms with Crippen LogP contribution >= 0.6 is 0 Å². The van der Waals surface area contributed by atoms with E-state index in [-0.39, 0.29) is 24.0 Å². The van der Waals surface area contributed by atoms with Crippen molar-refractivity contribution in [2.45, 2.75) is 0 Å². The first-order valence-electron chi connectivity index (χ1n) is 7.85. The number of aromatic nitrogens is 1. The third kappa shape index (κ3) is 3.20. The molecule has 1 aromatic heterocycles. The average molecular weight is 423 g/mol. The molecule has 0 radical (unpaired) electrons. The van der Waals surface area contributed by atoms with Gasteiger partial charge in [0.05, 0.1) is 5.56 Å². The molecule has 0 bridgehead atoms. The second-order valence-electron chi connectivity index (χ2n) is 5.87. The summed E-state index contributed by atoms with van der Waals surface area (Å²) in [5, 5.41) is 2.55. The standard InChI is InChI=1S/C22H18N.HI/c1-23-15-20-9-5-6-10-21(20)22(16-23)19-13-11-18(12-14-19)17-7-3-2-4-8-17;/h2-16H,1H3;1H/q+1;/p-1. The molecule has 0 saturated heterocycles. The molecule has 118 valence electrons. The Hall–Kier alpha value is -2.20. The highest BCUT2D eigenvalue weighted by molar-refractivity contribution is 5.95. The highest BCUT2D eigenvalue weighted by atomic mass is 127. The molecule has 0 fully saturated rings. The highest BCUT2D eigenvalue weighted by Gasteiger charge is 2.09. The molecule has 0 aliphatic carbocycles. The van der Waals surface area contributed by atoms with Gasteiger partial charge in [0.1, 0.15) is 7.05 Å². The third-order valence-corrected chi connectivity index (χ3v) is 4.23. The van der Waals surface area contributed by atoms with Gasteiger partial charge in [0, 0.05) is 10.8 Å². The Morgan fingerprint density at radius 3 is 1.92 bits per heavy atom. The highest BCUT2D eigenvalue weighted by Crippen LogP contribution is 2.29. The molecule has 4 aromatic rings. The van der Waals surface area contributed by atoms with Crippen LogP contribution in [0.3, 0.4) is 0 Å². The smallest absolute Gasteiger partial charge is 0.177 e. The number of aryl methyl sites for hydroxylation is 1. The number of fused-ring (bicyclic) bond motifs is 1. The van der Waals surface area contributed by atoms with Gasteiger partial charge in [-0.05, 0) is 22.8 Å². The molecule has 4 rings (SSSR count). The Labute approximate surface area is 159 Å². The first kappa shape index (κ1) is 16.7. The summed E-state index contributed by atoms with van der Waals surface area (Å²) in [6.07, 6.45) is 4.36. The molecular weight excluding hydrogens is 405 g/mol. The lowest BCUT2D eigenvalue weighted by molar-refractivity contribution is -0.669. The Morgan fingerprint density at radius 2 is 1.17 bits per heavy atom. The quantitative estimate of drug-likeness (QED) is 0.343. The van der Waals surface area contributed by atoms with Crippen LogP contribution in [0.5, 0.6) is 0 Å². The fourth-order valence-electron chi connectivity index (χ4n) is 3.09. The van der Waals surface area contributed by atoms with Crippen LogP contribution in [0.25, 0.3) is 33.0 Å². The maximum atomic E-state index is 2.21. The lowest BCUT2D eigenvalue weighted by atomic mass is 9.98. The van der Waals surface area contributed by atoms with Crippen LogP contribution in [0.2, 0.25) is 0 Å². The Kier molecular flexibility index (Phi) is 4.95. The average Bonchev–Trinajstić information content (AvgIpc) is 2.62. The van der Waals surface area contributed by atoms with Gasteiger partial charge >= 0.3 is 0 Å². The molecule has 24 heavy (non-hydrogen) atoms. The van der Waals surface area contributed by atoms with E-state index >= 15 is 0 Å². The van der Waals surface area contributed by atoms with E-state index < -0.39 is 0 Å². The summed E-state index contributed by atoms with van der Waals surface area (Å²) in [6.45, 7) is 0. The van der Waals surface area contributed by atoms with E-state index in [1.54, 1.807) is 0 Å². The van der Waals surface area contributed by atoms with E-state index in [1.807, 2.05) is 6.07 Å². The Balaban J connectivity index is 0.00000169. The molecule has 0 aliphatic heterocycles. The van der Waals surface area contributed by atoms with Crippen molar-refractivity contribution in [3.63, 3.8) is 0 Å². The van der Waals surface area contributed by atoms with Crippen molar-refractivity contribution in [1.29, 1.82) is 0 Å². The molecule has 0 saturated carbocycles. The van der Waals surface area contributed by atoms with Crippen LogP contribution in [-0.4, -0.2) is 0 Å². The largest absolute Gasteiger partial charge is 1.00 e. The SMILES string of the molecule is C[n+]1cc(-c2ccc(-c3ccccc3)cc2)c2ccccc2c1.[I-]. The molecular formula is C22H18IN. The number of benzene rings is 3. The van der Waals surface area contributed by atoms with Crippen molar-refractivity contribution in [2.24, 2.45) is 7.05 Å². The summed E-state index contributed by atoms with van der Waals surface area (Å²) in [4.78, 5) is 0. The molecule has 0 aliphatic rings. The van der Waals surface area contributed by atoms with Gasteiger partial charge in [0.15, 0.2) is 12.4 Å². The number of rotatable bonds is 2. The maximum Gasteiger partial charge on any atom is 0.177 e. The van der Waals surface area contributed by atoms with Gasteiger partial charge in [-0.25, -0.2) is 4.57 Å². The van der Waals surface area contributed by atoms with Crippen molar-refractivity contribution in [3.05, 3.63) is 91.3 Å². The molecule has 1 heterocycles. The number of halogens is 1. The van der Waals surface area contributed by atoms with Crippen LogP contribution in [-0.2, 0) is 7.05 Å². The summed E-state index contributed by atoms with van der Waals surface area (Å²) >= 11 is 0. The Bertz CT molecular complexity index is 960. The van der Waals surface area contributed by atoms with Crippen molar-refractivity contribution < 1.29 is 28.5 Å². The molecule has 0 atom stereocenters. The number of hydrogen-bond acceptors (Lipinski definition) is 0. The van der Waals surface area contributed by atoms with Crippen LogP contribution in [0.1, 0.15) is 0 Å². The van der Waals surface area contributed by atoms with Gasteiger partial charge < -0.3 is 24.0 Å². The predicted molar refractivity (Wildman–Crippen MR) is 96.0 cm³/mol. The van der Waals surface area contributed by atoms with Crippen molar-refractivity contribution >= 4 is 10.8 Å². The van der Waals surface area contributed by atoms with E-state index in [2.05, 4.69) is 96.8 Å². The molecule has 0 amide bonds. The lowest BCUT2D eigenvalue weighted by Crippen LogP contribution is -3.00. The van der Waals surface area contributed by atoms with E-state index in [9.17, 15) is 0 Å². The van der Waals surface area contributed by atoms with Gasteiger partial charge in [0.25, 0.3) is 0 Å². The molecule has 0 spiro atoms. The topological polar surface area (TPSA) is 3.88 Å².